The first kappa shape index (κ1) is 24.8. The predicted molar refractivity (Wildman–Crippen MR) is 155 cm³/mol. The van der Waals surface area contributed by atoms with Crippen LogP contribution in [0.4, 0.5) is 0 Å². The third-order valence-corrected chi connectivity index (χ3v) is 10.9. The van der Waals surface area contributed by atoms with Crippen LogP contribution in [0.15, 0.2) is 82.0 Å². The summed E-state index contributed by atoms with van der Waals surface area (Å²) in [6, 6.07) is 0. The van der Waals surface area contributed by atoms with Gasteiger partial charge in [-0.25, -0.2) is 0 Å². The average molecular weight is 501 g/mol. The van der Waals surface area contributed by atoms with Crippen molar-refractivity contribution in [3.05, 3.63) is 82.0 Å². The highest BCUT2D eigenvalue weighted by Gasteiger charge is 2.41. The molecule has 0 saturated heterocycles. The molecule has 4 atom stereocenters. The Balaban J connectivity index is 1.04. The first-order valence-corrected chi connectivity index (χ1v) is 15.4. The van der Waals surface area contributed by atoms with Crippen molar-refractivity contribution in [2.45, 2.75) is 90.4 Å². The fourth-order valence-corrected chi connectivity index (χ4v) is 8.82. The van der Waals surface area contributed by atoms with E-state index < -0.39 is 0 Å². The maximum Gasteiger partial charge on any atom is 0.0411 e. The van der Waals surface area contributed by atoms with Gasteiger partial charge in [0.05, 0.1) is 0 Å². The van der Waals surface area contributed by atoms with Crippen LogP contribution in [0.1, 0.15) is 90.4 Å². The molecule has 0 aromatic rings. The number of halogens is 1. The molecule has 0 nitrogen and oxygen atoms in total. The summed E-state index contributed by atoms with van der Waals surface area (Å²) in [4.78, 5) is 0. The van der Waals surface area contributed by atoms with Gasteiger partial charge in [0.1, 0.15) is 0 Å². The molecule has 0 heterocycles. The van der Waals surface area contributed by atoms with E-state index in [0.29, 0.717) is 0 Å². The molecule has 0 amide bonds. The Morgan fingerprint density at radius 3 is 2.47 bits per heavy atom. The van der Waals surface area contributed by atoms with Crippen LogP contribution >= 0.6 is 11.6 Å². The highest BCUT2D eigenvalue weighted by atomic mass is 35.5. The van der Waals surface area contributed by atoms with Gasteiger partial charge in [-0.05, 0) is 148 Å². The van der Waals surface area contributed by atoms with Gasteiger partial charge in [0, 0.05) is 5.03 Å². The van der Waals surface area contributed by atoms with E-state index in [2.05, 4.69) is 56.0 Å². The summed E-state index contributed by atoms with van der Waals surface area (Å²) in [5.41, 5.74) is 7.09. The molecule has 36 heavy (non-hydrogen) atoms. The summed E-state index contributed by atoms with van der Waals surface area (Å²) in [6.45, 7) is 6.36. The minimum Gasteiger partial charge on any atom is -0.0915 e. The van der Waals surface area contributed by atoms with Crippen LogP contribution in [0.5, 0.6) is 0 Å². The molecular formula is C35H45Cl. The number of rotatable bonds is 6. The van der Waals surface area contributed by atoms with Crippen LogP contribution < -0.4 is 0 Å². The summed E-state index contributed by atoms with van der Waals surface area (Å²) in [7, 11) is 0. The van der Waals surface area contributed by atoms with Gasteiger partial charge >= 0.3 is 0 Å². The van der Waals surface area contributed by atoms with Gasteiger partial charge in [0.2, 0.25) is 0 Å². The third-order valence-electron chi connectivity index (χ3n) is 10.7. The van der Waals surface area contributed by atoms with Crippen LogP contribution in [0, 0.1) is 41.4 Å². The lowest BCUT2D eigenvalue weighted by molar-refractivity contribution is 0.169. The van der Waals surface area contributed by atoms with Gasteiger partial charge in [-0.2, -0.15) is 0 Å². The fourth-order valence-electron chi connectivity index (χ4n) is 8.51. The molecule has 6 aliphatic carbocycles. The van der Waals surface area contributed by atoms with Gasteiger partial charge in [-0.15, -0.1) is 0 Å². The molecule has 3 fully saturated rings. The maximum absolute atomic E-state index is 6.48. The minimum absolute atomic E-state index is 0.839. The normalized spacial score (nSPS) is 36.8. The number of hydrogen-bond acceptors (Lipinski definition) is 0. The number of allylic oxidation sites excluding steroid dienone is 13. The fraction of sp³-hybridized carbons (Fsp3) is 0.600. The van der Waals surface area contributed by atoms with E-state index in [9.17, 15) is 0 Å². The van der Waals surface area contributed by atoms with Gasteiger partial charge < -0.3 is 0 Å². The molecule has 0 spiro atoms. The van der Waals surface area contributed by atoms with Crippen LogP contribution in [0.25, 0.3) is 0 Å². The average Bonchev–Trinajstić information content (AvgIpc) is 3.67. The van der Waals surface area contributed by atoms with Gasteiger partial charge in [-0.3, -0.25) is 0 Å². The van der Waals surface area contributed by atoms with Crippen molar-refractivity contribution in [2.75, 3.05) is 0 Å². The Hall–Kier alpha value is -1.53. The Labute approximate surface area is 225 Å². The standard InChI is InChI=1S/C35H45Cl/c1-23-17-27(21-32(36)18-24(23)2)19-26-9-12-30-15-16-31(20-26)35(30)22-25-7-10-28(11-8-25)33-5-3-4-6-34(33)29-13-14-29/h3-4,6,9,17-18,21,25,28-31,33,35H,1,5,7-8,10-16,19-20,22H2,2H3/t25-,28+,30?,31?,33?,35?. The first-order chi connectivity index (χ1) is 17.5. The van der Waals surface area contributed by atoms with E-state index in [1.165, 1.54) is 88.2 Å². The van der Waals surface area contributed by atoms with E-state index in [-0.39, 0.29) is 0 Å². The largest absolute Gasteiger partial charge is 0.0915 e. The highest BCUT2D eigenvalue weighted by molar-refractivity contribution is 6.31. The van der Waals surface area contributed by atoms with Gasteiger partial charge in [-0.1, -0.05) is 72.5 Å². The number of fused-ring (bicyclic) bond motifs is 2. The molecule has 3 saturated carbocycles. The predicted octanol–water partition coefficient (Wildman–Crippen LogP) is 10.4. The second kappa shape index (κ2) is 10.7. The molecule has 192 valence electrons. The Morgan fingerprint density at radius 2 is 1.67 bits per heavy atom. The van der Waals surface area contributed by atoms with E-state index in [1.807, 2.05) is 5.57 Å². The van der Waals surface area contributed by atoms with Gasteiger partial charge in [0.25, 0.3) is 0 Å². The molecule has 0 radical (unpaired) electrons. The molecule has 6 aliphatic rings. The van der Waals surface area contributed by atoms with E-state index >= 15 is 0 Å². The Morgan fingerprint density at radius 1 is 0.889 bits per heavy atom. The second-order valence-electron chi connectivity index (χ2n) is 13.1. The van der Waals surface area contributed by atoms with Crippen molar-refractivity contribution in [3.8, 4) is 0 Å². The zero-order valence-electron chi connectivity index (χ0n) is 22.4. The zero-order chi connectivity index (χ0) is 24.6. The van der Waals surface area contributed by atoms with Crippen LogP contribution in [-0.4, -0.2) is 0 Å². The molecule has 0 aliphatic heterocycles. The topological polar surface area (TPSA) is 0 Å². The summed E-state index contributed by atoms with van der Waals surface area (Å²) in [6.07, 6.45) is 34.6. The first-order valence-electron chi connectivity index (χ1n) is 15.0. The van der Waals surface area contributed by atoms with Crippen LogP contribution in [0.3, 0.4) is 0 Å². The lowest BCUT2D eigenvalue weighted by Gasteiger charge is -2.37. The van der Waals surface area contributed by atoms with Crippen molar-refractivity contribution in [2.24, 2.45) is 41.4 Å². The smallest absolute Gasteiger partial charge is 0.0411 e. The second-order valence-corrected chi connectivity index (χ2v) is 13.5. The van der Waals surface area contributed by atoms with Crippen molar-refractivity contribution < 1.29 is 0 Å². The minimum atomic E-state index is 0.839. The summed E-state index contributed by atoms with van der Waals surface area (Å²) in [5.74, 6) is 6.55. The molecule has 0 N–H and O–H groups in total. The van der Waals surface area contributed by atoms with Crippen molar-refractivity contribution in [1.29, 1.82) is 0 Å². The molecule has 6 rings (SSSR count). The zero-order valence-corrected chi connectivity index (χ0v) is 23.1. The van der Waals surface area contributed by atoms with Gasteiger partial charge in [0.15, 0.2) is 0 Å². The van der Waals surface area contributed by atoms with Crippen LogP contribution in [0.2, 0.25) is 0 Å². The summed E-state index contributed by atoms with van der Waals surface area (Å²) < 4.78 is 0. The SMILES string of the molecule is C=C1C=C(CC2=CCC3CCC(C2)C3C[C@H]2CC[C@@H](C3CC=CC=C3C3CC3)CC2)C=C(Cl)C=C1C. The molecule has 0 aromatic heterocycles. The van der Waals surface area contributed by atoms with Crippen molar-refractivity contribution in [1.82, 2.24) is 0 Å². The van der Waals surface area contributed by atoms with E-state index in [4.69, 9.17) is 11.6 Å². The molecule has 2 bridgehead atoms. The Bertz CT molecular complexity index is 1050. The highest BCUT2D eigenvalue weighted by Crippen LogP contribution is 2.52. The lowest BCUT2D eigenvalue weighted by Crippen LogP contribution is -2.26. The van der Waals surface area contributed by atoms with E-state index in [1.54, 1.807) is 5.57 Å². The third kappa shape index (κ3) is 5.50. The summed E-state index contributed by atoms with van der Waals surface area (Å²) in [5, 5.41) is 0.839. The molecular weight excluding hydrogens is 456 g/mol. The van der Waals surface area contributed by atoms with E-state index in [0.717, 1.165) is 58.5 Å². The quantitative estimate of drug-likeness (QED) is 0.318. The molecule has 0 aromatic carbocycles. The number of hydrogen-bond donors (Lipinski definition) is 0. The molecule has 1 heteroatoms. The van der Waals surface area contributed by atoms with Crippen molar-refractivity contribution >= 4 is 11.6 Å². The lowest BCUT2D eigenvalue weighted by atomic mass is 9.68. The maximum atomic E-state index is 6.48. The Kier molecular flexibility index (Phi) is 7.36. The summed E-state index contributed by atoms with van der Waals surface area (Å²) >= 11 is 6.48. The van der Waals surface area contributed by atoms with Crippen LogP contribution in [-0.2, 0) is 0 Å². The monoisotopic (exact) mass is 500 g/mol. The molecule has 4 unspecified atom stereocenters. The van der Waals surface area contributed by atoms with Crippen molar-refractivity contribution in [3.63, 3.8) is 0 Å².